The predicted octanol–water partition coefficient (Wildman–Crippen LogP) is 3.70. The summed E-state index contributed by atoms with van der Waals surface area (Å²) in [7, 11) is 1.66. The van der Waals surface area contributed by atoms with Crippen LogP contribution in [0.2, 0.25) is 0 Å². The topological polar surface area (TPSA) is 43.4 Å². The molecule has 0 bridgehead atoms. The molecular weight excluding hydrogens is 272 g/mol. The summed E-state index contributed by atoms with van der Waals surface area (Å²) < 4.78 is 28.6. The molecule has 0 saturated heterocycles. The molecule has 1 aromatic rings. The fourth-order valence-corrected chi connectivity index (χ4v) is 2.49. The van der Waals surface area contributed by atoms with E-state index in [9.17, 15) is 8.42 Å². The van der Waals surface area contributed by atoms with Crippen molar-refractivity contribution < 1.29 is 13.2 Å². The fourth-order valence-electron chi connectivity index (χ4n) is 1.50. The van der Waals surface area contributed by atoms with Crippen molar-refractivity contribution in [2.75, 3.05) is 6.61 Å². The second-order valence-electron chi connectivity index (χ2n) is 5.20. The molecule has 0 fully saturated rings. The molecule has 0 N–H and O–H groups in total. The third-order valence-corrected chi connectivity index (χ3v) is 3.88. The molecule has 0 aromatic heterocycles. The van der Waals surface area contributed by atoms with Gasteiger partial charge in [0.15, 0.2) is 0 Å². The zero-order chi connectivity index (χ0) is 14.0. The summed E-state index contributed by atoms with van der Waals surface area (Å²) in [5.74, 6) is 0.319. The third-order valence-electron chi connectivity index (χ3n) is 2.53. The predicted molar refractivity (Wildman–Crippen MR) is 74.0 cm³/mol. The maximum absolute atomic E-state index is 11.6. The van der Waals surface area contributed by atoms with Crippen molar-refractivity contribution in [2.45, 2.75) is 44.4 Å². The van der Waals surface area contributed by atoms with Crippen LogP contribution in [0.3, 0.4) is 0 Å². The highest BCUT2D eigenvalue weighted by Gasteiger charge is 2.22. The number of hydrogen-bond acceptors (Lipinski definition) is 3. The van der Waals surface area contributed by atoms with Gasteiger partial charge in [-0.2, -0.15) is 0 Å². The van der Waals surface area contributed by atoms with Gasteiger partial charge in [-0.05, 0) is 29.5 Å². The van der Waals surface area contributed by atoms with E-state index >= 15 is 0 Å². The van der Waals surface area contributed by atoms with E-state index in [0.717, 1.165) is 12.0 Å². The van der Waals surface area contributed by atoms with Crippen LogP contribution >= 0.6 is 10.7 Å². The van der Waals surface area contributed by atoms with Gasteiger partial charge < -0.3 is 4.74 Å². The van der Waals surface area contributed by atoms with E-state index in [1.807, 2.05) is 33.8 Å². The van der Waals surface area contributed by atoms with E-state index in [-0.39, 0.29) is 10.3 Å². The Morgan fingerprint density at radius 3 is 2.33 bits per heavy atom. The van der Waals surface area contributed by atoms with Crippen molar-refractivity contribution in [1.29, 1.82) is 0 Å². The number of halogens is 1. The Balaban J connectivity index is 3.30. The first-order valence-corrected chi connectivity index (χ1v) is 8.19. The maximum Gasteiger partial charge on any atom is 0.264 e. The standard InChI is InChI=1S/C13H19ClO3S/c1-5-8-17-11-7-6-10(13(2,3)4)9-12(11)18(14,15)16/h6-7,9H,5,8H2,1-4H3. The molecule has 0 unspecified atom stereocenters. The van der Waals surface area contributed by atoms with Crippen LogP contribution in [0.15, 0.2) is 23.1 Å². The van der Waals surface area contributed by atoms with Crippen LogP contribution in [0.4, 0.5) is 0 Å². The van der Waals surface area contributed by atoms with Gasteiger partial charge in [0.1, 0.15) is 10.6 Å². The molecule has 0 saturated carbocycles. The number of benzene rings is 1. The quantitative estimate of drug-likeness (QED) is 0.794. The van der Waals surface area contributed by atoms with Crippen molar-refractivity contribution in [3.8, 4) is 5.75 Å². The molecule has 0 atom stereocenters. The molecule has 0 heterocycles. The number of ether oxygens (including phenoxy) is 1. The van der Waals surface area contributed by atoms with Crippen LogP contribution < -0.4 is 4.74 Å². The van der Waals surface area contributed by atoms with Gasteiger partial charge in [0.25, 0.3) is 9.05 Å². The van der Waals surface area contributed by atoms with Gasteiger partial charge in [-0.25, -0.2) is 8.42 Å². The van der Waals surface area contributed by atoms with E-state index in [2.05, 4.69) is 0 Å². The normalized spacial score (nSPS) is 12.5. The SMILES string of the molecule is CCCOc1ccc(C(C)(C)C)cc1S(=O)(=O)Cl. The summed E-state index contributed by atoms with van der Waals surface area (Å²) in [6.07, 6.45) is 0.808. The summed E-state index contributed by atoms with van der Waals surface area (Å²) in [4.78, 5) is 0.0463. The minimum absolute atomic E-state index is 0.0463. The van der Waals surface area contributed by atoms with Crippen LogP contribution in [-0.2, 0) is 14.5 Å². The Hall–Kier alpha value is -0.740. The van der Waals surface area contributed by atoms with E-state index in [1.54, 1.807) is 12.1 Å². The van der Waals surface area contributed by atoms with Gasteiger partial charge >= 0.3 is 0 Å². The summed E-state index contributed by atoms with van der Waals surface area (Å²) >= 11 is 0. The lowest BCUT2D eigenvalue weighted by atomic mass is 9.87. The van der Waals surface area contributed by atoms with Gasteiger partial charge in [-0.3, -0.25) is 0 Å². The van der Waals surface area contributed by atoms with Gasteiger partial charge in [-0.15, -0.1) is 0 Å². The Morgan fingerprint density at radius 2 is 1.89 bits per heavy atom. The molecule has 0 spiro atoms. The zero-order valence-electron chi connectivity index (χ0n) is 11.2. The molecule has 0 radical (unpaired) electrons. The molecule has 3 nitrogen and oxygen atoms in total. The van der Waals surface area contributed by atoms with Gasteiger partial charge in [0.2, 0.25) is 0 Å². The van der Waals surface area contributed by atoms with Gasteiger partial charge in [0, 0.05) is 10.7 Å². The smallest absolute Gasteiger partial charge is 0.264 e. The van der Waals surface area contributed by atoms with Crippen molar-refractivity contribution >= 4 is 19.7 Å². The van der Waals surface area contributed by atoms with E-state index < -0.39 is 9.05 Å². The largest absolute Gasteiger partial charge is 0.492 e. The molecule has 0 aliphatic heterocycles. The Morgan fingerprint density at radius 1 is 1.28 bits per heavy atom. The first-order chi connectivity index (χ1) is 8.16. The minimum atomic E-state index is -3.80. The minimum Gasteiger partial charge on any atom is -0.492 e. The van der Waals surface area contributed by atoms with Crippen molar-refractivity contribution in [3.05, 3.63) is 23.8 Å². The van der Waals surface area contributed by atoms with Crippen LogP contribution in [-0.4, -0.2) is 15.0 Å². The van der Waals surface area contributed by atoms with Gasteiger partial charge in [0.05, 0.1) is 6.61 Å². The molecule has 18 heavy (non-hydrogen) atoms. The first kappa shape index (κ1) is 15.3. The summed E-state index contributed by atoms with van der Waals surface area (Å²) in [6, 6.07) is 5.13. The van der Waals surface area contributed by atoms with Crippen molar-refractivity contribution in [2.24, 2.45) is 0 Å². The zero-order valence-corrected chi connectivity index (χ0v) is 12.7. The van der Waals surface area contributed by atoms with E-state index in [1.165, 1.54) is 0 Å². The Kier molecular flexibility index (Phi) is 4.67. The molecule has 5 heteroatoms. The highest BCUT2D eigenvalue weighted by atomic mass is 35.7. The molecule has 0 aliphatic carbocycles. The molecule has 102 valence electrons. The number of rotatable bonds is 4. The van der Waals surface area contributed by atoms with E-state index in [0.29, 0.717) is 12.4 Å². The molecule has 0 amide bonds. The van der Waals surface area contributed by atoms with Crippen LogP contribution in [0, 0.1) is 0 Å². The average Bonchev–Trinajstić information content (AvgIpc) is 2.23. The molecule has 1 rings (SSSR count). The summed E-state index contributed by atoms with van der Waals surface area (Å²) in [5, 5.41) is 0. The second-order valence-corrected chi connectivity index (χ2v) is 7.73. The Bertz CT molecular complexity index is 516. The first-order valence-electron chi connectivity index (χ1n) is 5.88. The lowest BCUT2D eigenvalue weighted by molar-refractivity contribution is 0.309. The fraction of sp³-hybridized carbons (Fsp3) is 0.538. The molecule has 0 aliphatic rings. The van der Waals surface area contributed by atoms with Crippen molar-refractivity contribution in [3.63, 3.8) is 0 Å². The summed E-state index contributed by atoms with van der Waals surface area (Å²) in [6.45, 7) is 8.46. The third kappa shape index (κ3) is 3.89. The van der Waals surface area contributed by atoms with Gasteiger partial charge in [-0.1, -0.05) is 33.8 Å². The van der Waals surface area contributed by atoms with Crippen LogP contribution in [0.1, 0.15) is 39.7 Å². The monoisotopic (exact) mass is 290 g/mol. The van der Waals surface area contributed by atoms with Crippen molar-refractivity contribution in [1.82, 2.24) is 0 Å². The maximum atomic E-state index is 11.6. The highest BCUT2D eigenvalue weighted by molar-refractivity contribution is 8.13. The molecular formula is C13H19ClO3S. The lowest BCUT2D eigenvalue weighted by Gasteiger charge is -2.20. The summed E-state index contributed by atoms with van der Waals surface area (Å²) in [5.41, 5.74) is 0.769. The average molecular weight is 291 g/mol. The highest BCUT2D eigenvalue weighted by Crippen LogP contribution is 2.32. The Labute approximate surface area is 114 Å². The van der Waals surface area contributed by atoms with Crippen LogP contribution in [0.25, 0.3) is 0 Å². The molecule has 1 aromatic carbocycles. The lowest BCUT2D eigenvalue weighted by Crippen LogP contribution is -2.12. The van der Waals surface area contributed by atoms with E-state index in [4.69, 9.17) is 15.4 Å². The number of hydrogen-bond donors (Lipinski definition) is 0. The van der Waals surface area contributed by atoms with Crippen LogP contribution in [0.5, 0.6) is 5.75 Å². The second kappa shape index (κ2) is 5.49.